The zero-order valence-electron chi connectivity index (χ0n) is 15.4. The molecule has 2 unspecified atom stereocenters. The van der Waals surface area contributed by atoms with Crippen molar-refractivity contribution in [3.05, 3.63) is 59.1 Å². The normalized spacial score (nSPS) is 17.9. The number of rotatable bonds is 7. The molecule has 27 heavy (non-hydrogen) atoms. The van der Waals surface area contributed by atoms with E-state index in [9.17, 15) is 9.59 Å². The predicted molar refractivity (Wildman–Crippen MR) is 106 cm³/mol. The Hall–Kier alpha value is -2.53. The molecule has 6 heteroatoms. The monoisotopic (exact) mass is 386 g/mol. The van der Waals surface area contributed by atoms with Crippen LogP contribution in [0, 0.1) is 5.92 Å². The molecule has 1 aliphatic carbocycles. The highest BCUT2D eigenvalue weighted by molar-refractivity contribution is 6.31. The standard InChI is InChI=1S/C21H23ClN2O3/c1-3-24(13-20(25)23-14-7-6-8-15(11-14)27-2)21(26)18-12-17(18)16-9-4-5-10-19(16)22/h4-11,17-18H,3,12-13H2,1-2H3,(H,23,25). The molecule has 0 spiro atoms. The van der Waals surface area contributed by atoms with E-state index < -0.39 is 0 Å². The second-order valence-corrected chi connectivity index (χ2v) is 7.01. The van der Waals surface area contributed by atoms with Gasteiger partial charge in [0.05, 0.1) is 13.7 Å². The Morgan fingerprint density at radius 2 is 2.00 bits per heavy atom. The van der Waals surface area contributed by atoms with Crippen molar-refractivity contribution in [3.8, 4) is 5.75 Å². The van der Waals surface area contributed by atoms with E-state index in [1.807, 2.05) is 31.2 Å². The van der Waals surface area contributed by atoms with Gasteiger partial charge in [0.2, 0.25) is 11.8 Å². The van der Waals surface area contributed by atoms with Gasteiger partial charge in [0.1, 0.15) is 5.75 Å². The first-order valence-electron chi connectivity index (χ1n) is 9.00. The first kappa shape index (κ1) is 19.2. The van der Waals surface area contributed by atoms with Gasteiger partial charge < -0.3 is 15.0 Å². The minimum Gasteiger partial charge on any atom is -0.497 e. The maximum absolute atomic E-state index is 12.8. The first-order chi connectivity index (χ1) is 13.0. The van der Waals surface area contributed by atoms with Gasteiger partial charge in [-0.15, -0.1) is 0 Å². The number of nitrogens with zero attached hydrogens (tertiary/aromatic N) is 1. The Labute approximate surface area is 164 Å². The van der Waals surface area contributed by atoms with E-state index in [-0.39, 0.29) is 30.2 Å². The summed E-state index contributed by atoms with van der Waals surface area (Å²) in [4.78, 5) is 26.8. The van der Waals surface area contributed by atoms with E-state index in [0.29, 0.717) is 23.0 Å². The zero-order chi connectivity index (χ0) is 19.4. The van der Waals surface area contributed by atoms with E-state index >= 15 is 0 Å². The van der Waals surface area contributed by atoms with Crippen LogP contribution in [0.15, 0.2) is 48.5 Å². The van der Waals surface area contributed by atoms with E-state index in [2.05, 4.69) is 5.32 Å². The van der Waals surface area contributed by atoms with Gasteiger partial charge in [-0.1, -0.05) is 35.9 Å². The zero-order valence-corrected chi connectivity index (χ0v) is 16.2. The van der Waals surface area contributed by atoms with E-state index in [1.165, 1.54) is 0 Å². The number of hydrogen-bond donors (Lipinski definition) is 1. The van der Waals surface area contributed by atoms with Crippen LogP contribution in [-0.2, 0) is 9.59 Å². The highest BCUT2D eigenvalue weighted by Gasteiger charge is 2.46. The van der Waals surface area contributed by atoms with Gasteiger partial charge in [-0.05, 0) is 43.0 Å². The Balaban J connectivity index is 1.59. The lowest BCUT2D eigenvalue weighted by Crippen LogP contribution is -2.39. The van der Waals surface area contributed by atoms with Crippen LogP contribution in [0.25, 0.3) is 0 Å². The van der Waals surface area contributed by atoms with Crippen molar-refractivity contribution in [1.29, 1.82) is 0 Å². The lowest BCUT2D eigenvalue weighted by Gasteiger charge is -2.21. The second-order valence-electron chi connectivity index (χ2n) is 6.60. The summed E-state index contributed by atoms with van der Waals surface area (Å²) < 4.78 is 5.15. The third-order valence-corrected chi connectivity index (χ3v) is 5.14. The average molecular weight is 387 g/mol. The maximum Gasteiger partial charge on any atom is 0.243 e. The lowest BCUT2D eigenvalue weighted by molar-refractivity contribution is -0.135. The molecule has 0 radical (unpaired) electrons. The fourth-order valence-electron chi connectivity index (χ4n) is 3.24. The largest absolute Gasteiger partial charge is 0.497 e. The fraction of sp³-hybridized carbons (Fsp3) is 0.333. The summed E-state index contributed by atoms with van der Waals surface area (Å²) in [6.45, 7) is 2.39. The number of methoxy groups -OCH3 is 1. The van der Waals surface area contributed by atoms with Gasteiger partial charge in [-0.2, -0.15) is 0 Å². The maximum atomic E-state index is 12.8. The molecule has 2 atom stereocenters. The molecule has 1 aliphatic rings. The number of amides is 2. The molecule has 3 rings (SSSR count). The molecule has 0 bridgehead atoms. The second kappa shape index (κ2) is 8.44. The van der Waals surface area contributed by atoms with Crippen LogP contribution in [0.1, 0.15) is 24.8 Å². The molecule has 1 saturated carbocycles. The van der Waals surface area contributed by atoms with Crippen molar-refractivity contribution in [2.24, 2.45) is 5.92 Å². The Morgan fingerprint density at radius 3 is 2.70 bits per heavy atom. The number of carbonyl (C=O) groups is 2. The molecule has 0 aliphatic heterocycles. The molecule has 2 aromatic carbocycles. The first-order valence-corrected chi connectivity index (χ1v) is 9.38. The van der Waals surface area contributed by atoms with Crippen molar-refractivity contribution in [3.63, 3.8) is 0 Å². The smallest absolute Gasteiger partial charge is 0.243 e. The van der Waals surface area contributed by atoms with Crippen molar-refractivity contribution in [2.75, 3.05) is 25.5 Å². The number of hydrogen-bond acceptors (Lipinski definition) is 3. The molecule has 2 amide bonds. The fourth-order valence-corrected chi connectivity index (χ4v) is 3.52. The predicted octanol–water partition coefficient (Wildman–Crippen LogP) is 3.94. The minimum atomic E-state index is -0.228. The van der Waals surface area contributed by atoms with Gasteiger partial charge >= 0.3 is 0 Å². The number of likely N-dealkylation sites (N-methyl/N-ethyl adjacent to an activating group) is 1. The summed E-state index contributed by atoms with van der Waals surface area (Å²) in [7, 11) is 1.57. The quantitative estimate of drug-likeness (QED) is 0.784. The Bertz CT molecular complexity index is 840. The molecule has 0 heterocycles. The number of carbonyl (C=O) groups excluding carboxylic acids is 2. The van der Waals surface area contributed by atoms with Crippen molar-refractivity contribution in [2.45, 2.75) is 19.3 Å². The van der Waals surface area contributed by atoms with Crippen LogP contribution in [-0.4, -0.2) is 36.9 Å². The third kappa shape index (κ3) is 4.61. The van der Waals surface area contributed by atoms with Crippen LogP contribution in [0.2, 0.25) is 5.02 Å². The number of anilines is 1. The van der Waals surface area contributed by atoms with Gasteiger partial charge in [-0.3, -0.25) is 9.59 Å². The number of nitrogens with one attached hydrogen (secondary N) is 1. The molecule has 5 nitrogen and oxygen atoms in total. The molecular formula is C21H23ClN2O3. The van der Waals surface area contributed by atoms with Gasteiger partial charge in [-0.25, -0.2) is 0 Å². The van der Waals surface area contributed by atoms with Crippen LogP contribution < -0.4 is 10.1 Å². The van der Waals surface area contributed by atoms with Crippen LogP contribution in [0.5, 0.6) is 5.75 Å². The topological polar surface area (TPSA) is 58.6 Å². The highest BCUT2D eigenvalue weighted by atomic mass is 35.5. The van der Waals surface area contributed by atoms with Gasteiger partial charge in [0.25, 0.3) is 0 Å². The molecule has 0 aromatic heterocycles. The summed E-state index contributed by atoms with van der Waals surface area (Å²) in [5.74, 6) is 0.476. The SMILES string of the molecule is CCN(CC(=O)Nc1cccc(OC)c1)C(=O)C1CC1c1ccccc1Cl. The van der Waals surface area contributed by atoms with E-state index in [0.717, 1.165) is 12.0 Å². The van der Waals surface area contributed by atoms with Crippen LogP contribution in [0.3, 0.4) is 0 Å². The summed E-state index contributed by atoms with van der Waals surface area (Å²) >= 11 is 6.24. The third-order valence-electron chi connectivity index (χ3n) is 4.79. The number of benzene rings is 2. The van der Waals surface area contributed by atoms with Gasteiger partial charge in [0, 0.05) is 29.2 Å². The Morgan fingerprint density at radius 1 is 1.22 bits per heavy atom. The van der Waals surface area contributed by atoms with Crippen LogP contribution in [0.4, 0.5) is 5.69 Å². The highest BCUT2D eigenvalue weighted by Crippen LogP contribution is 2.50. The molecule has 2 aromatic rings. The summed E-state index contributed by atoms with van der Waals surface area (Å²) in [6, 6.07) is 14.8. The lowest BCUT2D eigenvalue weighted by atomic mass is 10.1. The van der Waals surface area contributed by atoms with Crippen molar-refractivity contribution < 1.29 is 14.3 Å². The summed E-state index contributed by atoms with van der Waals surface area (Å²) in [5.41, 5.74) is 1.65. The molecule has 0 saturated heterocycles. The van der Waals surface area contributed by atoms with E-state index in [1.54, 1.807) is 36.3 Å². The van der Waals surface area contributed by atoms with Crippen molar-refractivity contribution >= 4 is 29.1 Å². The molecule has 1 fully saturated rings. The molecule has 1 N–H and O–H groups in total. The van der Waals surface area contributed by atoms with Crippen LogP contribution >= 0.6 is 11.6 Å². The summed E-state index contributed by atoms with van der Waals surface area (Å²) in [5, 5.41) is 3.51. The van der Waals surface area contributed by atoms with Crippen molar-refractivity contribution in [1.82, 2.24) is 4.90 Å². The average Bonchev–Trinajstić information content (AvgIpc) is 3.46. The molecular weight excluding hydrogens is 364 g/mol. The van der Waals surface area contributed by atoms with Gasteiger partial charge in [0.15, 0.2) is 0 Å². The number of halogens is 1. The number of ether oxygens (including phenoxy) is 1. The minimum absolute atomic E-state index is 0.00297. The summed E-state index contributed by atoms with van der Waals surface area (Å²) in [6.07, 6.45) is 0.774. The molecule has 142 valence electrons. The van der Waals surface area contributed by atoms with E-state index in [4.69, 9.17) is 16.3 Å². The Kier molecular flexibility index (Phi) is 6.01.